The molecule has 6 nitrogen and oxygen atoms in total. The Kier molecular flexibility index (Phi) is 5.34. The normalized spacial score (nSPS) is 14.6. The SMILES string of the molecule is COCC(O)CCNS(N)(=O)=O. The molecule has 0 heterocycles. The predicted octanol–water partition coefficient (Wildman–Crippen LogP) is -1.82. The van der Waals surface area contributed by atoms with Gasteiger partial charge in [-0.3, -0.25) is 0 Å². The molecule has 0 aromatic carbocycles. The van der Waals surface area contributed by atoms with Crippen molar-refractivity contribution >= 4 is 10.2 Å². The number of methoxy groups -OCH3 is 1. The number of ether oxygens (including phenoxy) is 1. The third-order valence-electron chi connectivity index (χ3n) is 1.14. The minimum Gasteiger partial charge on any atom is -0.391 e. The van der Waals surface area contributed by atoms with Crippen LogP contribution in [0.5, 0.6) is 0 Å². The zero-order valence-electron chi connectivity index (χ0n) is 6.86. The Morgan fingerprint density at radius 3 is 2.67 bits per heavy atom. The largest absolute Gasteiger partial charge is 0.391 e. The van der Waals surface area contributed by atoms with Gasteiger partial charge in [-0.25, -0.2) is 9.86 Å². The minimum absolute atomic E-state index is 0.114. The third kappa shape index (κ3) is 7.89. The number of nitrogens with one attached hydrogen (secondary N) is 1. The average Bonchev–Trinajstić information content (AvgIpc) is 1.84. The molecule has 7 heteroatoms. The van der Waals surface area contributed by atoms with Gasteiger partial charge in [-0.05, 0) is 6.42 Å². The Morgan fingerprint density at radius 1 is 1.67 bits per heavy atom. The summed E-state index contributed by atoms with van der Waals surface area (Å²) >= 11 is 0. The molecule has 0 fully saturated rings. The van der Waals surface area contributed by atoms with Crippen LogP contribution in [-0.4, -0.2) is 39.9 Å². The first-order valence-corrected chi connectivity index (χ1v) is 4.94. The van der Waals surface area contributed by atoms with Crippen LogP contribution >= 0.6 is 0 Å². The average molecular weight is 198 g/mol. The van der Waals surface area contributed by atoms with Gasteiger partial charge >= 0.3 is 0 Å². The topological polar surface area (TPSA) is 102 Å². The van der Waals surface area contributed by atoms with Crippen LogP contribution in [0.4, 0.5) is 0 Å². The summed E-state index contributed by atoms with van der Waals surface area (Å²) in [7, 11) is -2.18. The summed E-state index contributed by atoms with van der Waals surface area (Å²) in [6.45, 7) is 0.301. The Morgan fingerprint density at radius 2 is 2.25 bits per heavy atom. The molecule has 0 spiro atoms. The molecule has 0 radical (unpaired) electrons. The first-order valence-electron chi connectivity index (χ1n) is 3.40. The van der Waals surface area contributed by atoms with Gasteiger partial charge < -0.3 is 9.84 Å². The zero-order valence-corrected chi connectivity index (χ0v) is 7.67. The summed E-state index contributed by atoms with van der Waals surface area (Å²) in [6, 6.07) is 0. The van der Waals surface area contributed by atoms with Crippen molar-refractivity contribution in [2.45, 2.75) is 12.5 Å². The van der Waals surface area contributed by atoms with Gasteiger partial charge in [-0.2, -0.15) is 8.42 Å². The summed E-state index contributed by atoms with van der Waals surface area (Å²) in [5, 5.41) is 13.7. The molecule has 0 aromatic heterocycles. The molecule has 1 unspecified atom stereocenters. The molecule has 0 saturated heterocycles. The van der Waals surface area contributed by atoms with Crippen LogP contribution in [0.2, 0.25) is 0 Å². The molecule has 4 N–H and O–H groups in total. The second-order valence-electron chi connectivity index (χ2n) is 2.34. The minimum atomic E-state index is -3.64. The van der Waals surface area contributed by atoms with Crippen LogP contribution in [0.25, 0.3) is 0 Å². The second kappa shape index (κ2) is 5.44. The first kappa shape index (κ1) is 11.8. The molecule has 0 aliphatic heterocycles. The number of aliphatic hydroxyl groups is 1. The molecule has 0 aliphatic carbocycles. The highest BCUT2D eigenvalue weighted by molar-refractivity contribution is 7.87. The number of rotatable bonds is 6. The molecule has 0 aliphatic rings. The standard InChI is InChI=1S/C5H14N2O4S/c1-11-4-5(8)2-3-7-12(6,9)10/h5,7-8H,2-4H2,1H3,(H2,6,9,10). The van der Waals surface area contributed by atoms with Crippen molar-refractivity contribution in [3.63, 3.8) is 0 Å². The van der Waals surface area contributed by atoms with Gasteiger partial charge in [0.05, 0.1) is 12.7 Å². The van der Waals surface area contributed by atoms with Crippen molar-refractivity contribution in [3.8, 4) is 0 Å². The van der Waals surface area contributed by atoms with Crippen LogP contribution < -0.4 is 9.86 Å². The van der Waals surface area contributed by atoms with Crippen LogP contribution in [0.1, 0.15) is 6.42 Å². The molecular weight excluding hydrogens is 184 g/mol. The number of aliphatic hydroxyl groups excluding tert-OH is 1. The summed E-state index contributed by atoms with van der Waals surface area (Å²) in [5.41, 5.74) is 0. The van der Waals surface area contributed by atoms with Crippen molar-refractivity contribution in [2.24, 2.45) is 5.14 Å². The van der Waals surface area contributed by atoms with Crippen molar-refractivity contribution in [3.05, 3.63) is 0 Å². The smallest absolute Gasteiger partial charge is 0.274 e. The van der Waals surface area contributed by atoms with E-state index in [1.165, 1.54) is 7.11 Å². The molecule has 1 atom stereocenters. The lowest BCUT2D eigenvalue weighted by atomic mass is 10.3. The van der Waals surface area contributed by atoms with E-state index < -0.39 is 16.3 Å². The Bertz CT molecular complexity index is 203. The highest BCUT2D eigenvalue weighted by Gasteiger charge is 2.05. The molecular formula is C5H14N2O4S. The van der Waals surface area contributed by atoms with Crippen molar-refractivity contribution < 1.29 is 18.3 Å². The predicted molar refractivity (Wildman–Crippen MR) is 43.6 cm³/mol. The molecule has 12 heavy (non-hydrogen) atoms. The van der Waals surface area contributed by atoms with Gasteiger partial charge in [-0.1, -0.05) is 0 Å². The van der Waals surface area contributed by atoms with Crippen LogP contribution in [-0.2, 0) is 14.9 Å². The summed E-state index contributed by atoms with van der Waals surface area (Å²) in [5.74, 6) is 0. The van der Waals surface area contributed by atoms with Gasteiger partial charge in [-0.15, -0.1) is 0 Å². The summed E-state index contributed by atoms with van der Waals surface area (Å²) < 4.78 is 27.3. The lowest BCUT2D eigenvalue weighted by Crippen LogP contribution is -2.33. The molecule has 74 valence electrons. The lowest BCUT2D eigenvalue weighted by molar-refractivity contribution is 0.0603. The van der Waals surface area contributed by atoms with E-state index in [1.807, 2.05) is 4.72 Å². The van der Waals surface area contributed by atoms with Crippen molar-refractivity contribution in [1.29, 1.82) is 0 Å². The van der Waals surface area contributed by atoms with E-state index in [9.17, 15) is 8.42 Å². The summed E-state index contributed by atoms with van der Waals surface area (Å²) in [4.78, 5) is 0. The monoisotopic (exact) mass is 198 g/mol. The van der Waals surface area contributed by atoms with Gasteiger partial charge in [0.15, 0.2) is 0 Å². The fourth-order valence-electron chi connectivity index (χ4n) is 0.644. The highest BCUT2D eigenvalue weighted by Crippen LogP contribution is 1.89. The van der Waals surface area contributed by atoms with E-state index in [1.54, 1.807) is 0 Å². The highest BCUT2D eigenvalue weighted by atomic mass is 32.2. The molecule has 0 saturated carbocycles. The molecule has 0 aromatic rings. The Hall–Kier alpha value is -0.210. The van der Waals surface area contributed by atoms with Crippen molar-refractivity contribution in [2.75, 3.05) is 20.3 Å². The zero-order chi connectivity index (χ0) is 9.61. The maximum atomic E-state index is 10.3. The Balaban J connectivity index is 3.44. The lowest BCUT2D eigenvalue weighted by Gasteiger charge is -2.08. The van der Waals surface area contributed by atoms with E-state index in [0.29, 0.717) is 0 Å². The first-order chi connectivity index (χ1) is 5.45. The fraction of sp³-hybridized carbons (Fsp3) is 1.00. The molecule has 0 amide bonds. The van der Waals surface area contributed by atoms with E-state index in [-0.39, 0.29) is 19.6 Å². The quantitative estimate of drug-likeness (QED) is 0.467. The van der Waals surface area contributed by atoms with Crippen LogP contribution in [0.15, 0.2) is 0 Å². The van der Waals surface area contributed by atoms with Crippen molar-refractivity contribution in [1.82, 2.24) is 4.72 Å². The van der Waals surface area contributed by atoms with E-state index in [4.69, 9.17) is 5.11 Å². The third-order valence-corrected chi connectivity index (χ3v) is 1.75. The van der Waals surface area contributed by atoms with Gasteiger partial charge in [0.2, 0.25) is 0 Å². The number of nitrogens with two attached hydrogens (primary N) is 1. The van der Waals surface area contributed by atoms with Crippen LogP contribution in [0, 0.1) is 0 Å². The van der Waals surface area contributed by atoms with Gasteiger partial charge in [0.1, 0.15) is 0 Å². The number of hydrogen-bond acceptors (Lipinski definition) is 4. The fourth-order valence-corrected chi connectivity index (χ4v) is 1.05. The van der Waals surface area contributed by atoms with E-state index in [2.05, 4.69) is 9.88 Å². The van der Waals surface area contributed by atoms with E-state index >= 15 is 0 Å². The van der Waals surface area contributed by atoms with Crippen LogP contribution in [0.3, 0.4) is 0 Å². The summed E-state index contributed by atoms with van der Waals surface area (Å²) in [6.07, 6.45) is -0.381. The molecule has 0 bridgehead atoms. The van der Waals surface area contributed by atoms with E-state index in [0.717, 1.165) is 0 Å². The van der Waals surface area contributed by atoms with Gasteiger partial charge in [0, 0.05) is 13.7 Å². The maximum Gasteiger partial charge on any atom is 0.274 e. The second-order valence-corrected chi connectivity index (χ2v) is 3.72. The number of hydrogen-bond donors (Lipinski definition) is 3. The Labute approximate surface area is 71.9 Å². The molecule has 0 rings (SSSR count). The maximum absolute atomic E-state index is 10.3. The van der Waals surface area contributed by atoms with Gasteiger partial charge in [0.25, 0.3) is 10.2 Å².